The molecule has 1 rings (SSSR count). The summed E-state index contributed by atoms with van der Waals surface area (Å²) in [7, 11) is 0. The van der Waals surface area contributed by atoms with E-state index in [0.29, 0.717) is 9.50 Å². The van der Waals surface area contributed by atoms with Crippen molar-refractivity contribution in [3.8, 4) is 0 Å². The van der Waals surface area contributed by atoms with Gasteiger partial charge in [0.25, 0.3) is 0 Å². The maximum absolute atomic E-state index is 12.4. The first kappa shape index (κ1) is 19.7. The van der Waals surface area contributed by atoms with Crippen LogP contribution in [0.25, 0.3) is 0 Å². The summed E-state index contributed by atoms with van der Waals surface area (Å²) in [5.41, 5.74) is -1.55. The minimum absolute atomic E-state index is 0.0461. The number of anilines is 1. The number of carbonyl (C=O) groups excluding carboxylic acids is 2. The van der Waals surface area contributed by atoms with Crippen LogP contribution in [-0.2, 0) is 9.47 Å². The van der Waals surface area contributed by atoms with Crippen molar-refractivity contribution in [2.45, 2.75) is 52.7 Å². The van der Waals surface area contributed by atoms with Crippen molar-refractivity contribution in [2.75, 3.05) is 4.90 Å². The molecule has 0 radical (unpaired) electrons. The second-order valence-corrected chi connectivity index (χ2v) is 8.01. The highest BCUT2D eigenvalue weighted by Gasteiger charge is 2.33. The van der Waals surface area contributed by atoms with E-state index in [9.17, 15) is 9.59 Å². The van der Waals surface area contributed by atoms with Gasteiger partial charge in [0, 0.05) is 10.7 Å². The van der Waals surface area contributed by atoms with Crippen LogP contribution in [0.15, 0.2) is 16.7 Å². The van der Waals surface area contributed by atoms with E-state index in [1.807, 2.05) is 0 Å². The summed E-state index contributed by atoms with van der Waals surface area (Å²) in [5, 5.41) is 0.349. The highest BCUT2D eigenvalue weighted by Crippen LogP contribution is 2.27. The fraction of sp³-hybridized carbons (Fsp3) is 0.533. The molecule has 8 heteroatoms. The standard InChI is InChI=1S/C15H20BrClN2O4/c1-14(2,3)22-12(20)19(13(21)23-15(4,5)6)11-7-9(16)10(17)8-18-11/h7-8H,1-6H3. The van der Waals surface area contributed by atoms with Crippen molar-refractivity contribution in [1.29, 1.82) is 0 Å². The smallest absolute Gasteiger partial charge is 0.425 e. The van der Waals surface area contributed by atoms with Gasteiger partial charge in [0.05, 0.1) is 5.02 Å². The molecule has 128 valence electrons. The van der Waals surface area contributed by atoms with E-state index < -0.39 is 23.4 Å². The number of amides is 2. The van der Waals surface area contributed by atoms with Gasteiger partial charge in [0.1, 0.15) is 17.0 Å². The third-order valence-corrected chi connectivity index (χ3v) is 3.36. The molecule has 1 aromatic rings. The zero-order valence-corrected chi connectivity index (χ0v) is 16.3. The molecule has 1 heterocycles. The molecule has 0 fully saturated rings. The number of hydrogen-bond donors (Lipinski definition) is 0. The van der Waals surface area contributed by atoms with Crippen LogP contribution in [0, 0.1) is 0 Å². The normalized spacial score (nSPS) is 11.8. The Morgan fingerprint density at radius 2 is 1.52 bits per heavy atom. The molecular formula is C15H20BrClN2O4. The zero-order chi connectivity index (χ0) is 18.0. The average molecular weight is 408 g/mol. The Labute approximate surface area is 149 Å². The first-order chi connectivity index (χ1) is 10.3. The van der Waals surface area contributed by atoms with Crippen LogP contribution in [0.5, 0.6) is 0 Å². The van der Waals surface area contributed by atoms with Crippen molar-refractivity contribution >= 4 is 45.5 Å². The summed E-state index contributed by atoms with van der Waals surface area (Å²) < 4.78 is 11.0. The van der Waals surface area contributed by atoms with Crippen LogP contribution in [0.4, 0.5) is 15.4 Å². The monoisotopic (exact) mass is 406 g/mol. The van der Waals surface area contributed by atoms with Crippen LogP contribution in [-0.4, -0.2) is 28.4 Å². The first-order valence-corrected chi connectivity index (χ1v) is 8.04. The number of aromatic nitrogens is 1. The number of rotatable bonds is 1. The van der Waals surface area contributed by atoms with Crippen LogP contribution in [0.2, 0.25) is 5.02 Å². The van der Waals surface area contributed by atoms with Gasteiger partial charge in [-0.3, -0.25) is 0 Å². The van der Waals surface area contributed by atoms with E-state index in [-0.39, 0.29) is 5.82 Å². The van der Waals surface area contributed by atoms with Crippen LogP contribution >= 0.6 is 27.5 Å². The van der Waals surface area contributed by atoms with E-state index in [2.05, 4.69) is 20.9 Å². The quantitative estimate of drug-likeness (QED) is 0.642. The Kier molecular flexibility index (Phi) is 6.04. The lowest BCUT2D eigenvalue weighted by atomic mass is 10.2. The Morgan fingerprint density at radius 3 is 1.87 bits per heavy atom. The van der Waals surface area contributed by atoms with Gasteiger partial charge in [-0.1, -0.05) is 11.6 Å². The van der Waals surface area contributed by atoms with Crippen molar-refractivity contribution < 1.29 is 19.1 Å². The largest absolute Gasteiger partial charge is 0.443 e. The summed E-state index contributed by atoms with van der Waals surface area (Å²) in [6.07, 6.45) is -0.440. The van der Waals surface area contributed by atoms with E-state index in [1.54, 1.807) is 41.5 Å². The Morgan fingerprint density at radius 1 is 1.09 bits per heavy atom. The van der Waals surface area contributed by atoms with Gasteiger partial charge in [-0.05, 0) is 63.5 Å². The van der Waals surface area contributed by atoms with Crippen molar-refractivity contribution in [3.05, 3.63) is 21.8 Å². The predicted molar refractivity (Wildman–Crippen MR) is 91.9 cm³/mol. The molecule has 0 saturated carbocycles. The molecule has 1 aromatic heterocycles. The second kappa shape index (κ2) is 7.05. The number of pyridine rings is 1. The number of carbonyl (C=O) groups is 2. The lowest BCUT2D eigenvalue weighted by molar-refractivity contribution is 0.0429. The molecule has 0 spiro atoms. The third kappa shape index (κ3) is 6.35. The molecule has 0 bridgehead atoms. The number of hydrogen-bond acceptors (Lipinski definition) is 5. The van der Waals surface area contributed by atoms with Gasteiger partial charge in [0.2, 0.25) is 0 Å². The number of imide groups is 1. The molecule has 6 nitrogen and oxygen atoms in total. The van der Waals surface area contributed by atoms with Gasteiger partial charge in [-0.25, -0.2) is 14.6 Å². The van der Waals surface area contributed by atoms with E-state index in [4.69, 9.17) is 21.1 Å². The lowest BCUT2D eigenvalue weighted by Gasteiger charge is -2.28. The fourth-order valence-corrected chi connectivity index (χ4v) is 1.81. The summed E-state index contributed by atoms with van der Waals surface area (Å²) >= 11 is 9.13. The van der Waals surface area contributed by atoms with Gasteiger partial charge in [-0.15, -0.1) is 0 Å². The molecule has 0 atom stereocenters. The summed E-state index contributed by atoms with van der Waals surface area (Å²) in [4.78, 5) is 29.5. The summed E-state index contributed by atoms with van der Waals surface area (Å²) in [5.74, 6) is 0.0461. The highest BCUT2D eigenvalue weighted by molar-refractivity contribution is 9.10. The minimum atomic E-state index is -0.881. The topological polar surface area (TPSA) is 68.7 Å². The molecule has 0 saturated heterocycles. The molecule has 2 amide bonds. The second-order valence-electron chi connectivity index (χ2n) is 6.75. The van der Waals surface area contributed by atoms with E-state index in [1.165, 1.54) is 12.3 Å². The molecule has 0 aliphatic heterocycles. The van der Waals surface area contributed by atoms with E-state index in [0.717, 1.165) is 4.90 Å². The first-order valence-electron chi connectivity index (χ1n) is 6.87. The van der Waals surface area contributed by atoms with E-state index >= 15 is 0 Å². The molecule has 23 heavy (non-hydrogen) atoms. The maximum atomic E-state index is 12.4. The van der Waals surface area contributed by atoms with Crippen LogP contribution in [0.1, 0.15) is 41.5 Å². The van der Waals surface area contributed by atoms with Crippen LogP contribution < -0.4 is 4.90 Å². The molecule has 0 N–H and O–H groups in total. The fourth-order valence-electron chi connectivity index (χ4n) is 1.40. The minimum Gasteiger partial charge on any atom is -0.443 e. The average Bonchev–Trinajstić information content (AvgIpc) is 2.29. The molecule has 0 aromatic carbocycles. The van der Waals surface area contributed by atoms with Gasteiger partial charge >= 0.3 is 12.2 Å². The molecule has 0 aliphatic carbocycles. The SMILES string of the molecule is CC(C)(C)OC(=O)N(C(=O)OC(C)(C)C)c1cc(Br)c(Cl)cn1. The predicted octanol–water partition coefficient (Wildman–Crippen LogP) is 5.17. The van der Waals surface area contributed by atoms with Crippen molar-refractivity contribution in [3.63, 3.8) is 0 Å². The van der Waals surface area contributed by atoms with Crippen molar-refractivity contribution in [2.24, 2.45) is 0 Å². The maximum Gasteiger partial charge on any atom is 0.425 e. The Hall–Kier alpha value is -1.34. The summed E-state index contributed by atoms with van der Waals surface area (Å²) in [6.45, 7) is 10.2. The van der Waals surface area contributed by atoms with Gasteiger partial charge in [0.15, 0.2) is 0 Å². The summed E-state index contributed by atoms with van der Waals surface area (Å²) in [6, 6.07) is 1.44. The van der Waals surface area contributed by atoms with Gasteiger partial charge in [-0.2, -0.15) is 4.90 Å². The zero-order valence-electron chi connectivity index (χ0n) is 13.9. The Bertz CT molecular complexity index is 580. The number of halogens is 2. The van der Waals surface area contributed by atoms with Gasteiger partial charge < -0.3 is 9.47 Å². The number of nitrogens with zero attached hydrogens (tertiary/aromatic N) is 2. The Balaban J connectivity index is 3.22. The highest BCUT2D eigenvalue weighted by atomic mass is 79.9. The van der Waals surface area contributed by atoms with Crippen molar-refractivity contribution in [1.82, 2.24) is 4.98 Å². The molecular weight excluding hydrogens is 388 g/mol. The molecule has 0 unspecified atom stereocenters. The number of ether oxygens (including phenoxy) is 2. The lowest BCUT2D eigenvalue weighted by Crippen LogP contribution is -2.44. The molecule has 0 aliphatic rings. The third-order valence-electron chi connectivity index (χ3n) is 2.18. The van der Waals surface area contributed by atoms with Crippen LogP contribution in [0.3, 0.4) is 0 Å².